The quantitative estimate of drug-likeness (QED) is 0.524. The highest BCUT2D eigenvalue weighted by atomic mass is 31.1. The number of allylic oxidation sites excluding steroid dienone is 1. The van der Waals surface area contributed by atoms with Crippen molar-refractivity contribution in [2.75, 3.05) is 6.35 Å². The molecule has 0 fully saturated rings. The molecule has 0 aliphatic rings. The van der Waals surface area contributed by atoms with E-state index in [1.54, 1.807) is 6.08 Å². The Balaban J connectivity index is 0. The van der Waals surface area contributed by atoms with E-state index in [0.29, 0.717) is 0 Å². The van der Waals surface area contributed by atoms with Crippen molar-refractivity contribution >= 4 is 14.4 Å². The maximum atomic E-state index is 9.79. The molecule has 0 heterocycles. The summed E-state index contributed by atoms with van der Waals surface area (Å²) in [5, 5.41) is 15.6. The van der Waals surface area contributed by atoms with Crippen molar-refractivity contribution in [1.82, 2.24) is 0 Å². The maximum absolute atomic E-state index is 9.79. The molecule has 0 rings (SSSR count). The van der Waals surface area contributed by atoms with Crippen LogP contribution in [0.5, 0.6) is 0 Å². The Hall–Kier alpha value is -0.730. The van der Waals surface area contributed by atoms with Crippen LogP contribution in [0.2, 0.25) is 0 Å². The first-order chi connectivity index (χ1) is 5.68. The lowest BCUT2D eigenvalue weighted by Crippen LogP contribution is -1.84. The van der Waals surface area contributed by atoms with E-state index in [9.17, 15) is 4.79 Å². The minimum absolute atomic E-state index is 0.196. The highest BCUT2D eigenvalue weighted by Crippen LogP contribution is 1.86. The summed E-state index contributed by atoms with van der Waals surface area (Å²) in [4.78, 5) is 9.79. The Morgan fingerprint density at radius 2 is 2.08 bits per heavy atom. The van der Waals surface area contributed by atoms with E-state index in [-0.39, 0.29) is 14.8 Å². The number of unbranched alkanes of at least 4 members (excludes halogenated alkanes) is 1. The van der Waals surface area contributed by atoms with Gasteiger partial charge in [0.05, 0.1) is 0 Å². The number of carboxylic acids is 1. The van der Waals surface area contributed by atoms with Crippen LogP contribution in [0.25, 0.3) is 0 Å². The molecule has 0 spiro atoms. The molecule has 0 bridgehead atoms. The van der Waals surface area contributed by atoms with Gasteiger partial charge in [0.1, 0.15) is 6.35 Å². The van der Waals surface area contributed by atoms with Crippen molar-refractivity contribution in [1.29, 1.82) is 0 Å². The van der Waals surface area contributed by atoms with E-state index in [1.807, 2.05) is 6.92 Å². The summed E-state index contributed by atoms with van der Waals surface area (Å²) in [5.41, 5.74) is 0. The molecule has 0 amide bonds. The molecule has 0 saturated heterocycles. The minimum Gasteiger partial charge on any atom is -0.478 e. The van der Waals surface area contributed by atoms with Crippen LogP contribution in [-0.2, 0) is 9.36 Å². The van der Waals surface area contributed by atoms with Crippen LogP contribution in [0.3, 0.4) is 0 Å². The van der Waals surface area contributed by atoms with Gasteiger partial charge in [0.15, 0.2) is 8.46 Å². The average Bonchev–Trinajstić information content (AvgIpc) is 2.05. The largest absolute Gasteiger partial charge is 0.478 e. The van der Waals surface area contributed by atoms with E-state index < -0.39 is 5.97 Å². The number of hydrogen-bond acceptors (Lipinski definition) is 3. The van der Waals surface area contributed by atoms with E-state index in [2.05, 4.69) is 0 Å². The molecule has 70 valence electrons. The highest BCUT2D eigenvalue weighted by Gasteiger charge is 1.81. The summed E-state index contributed by atoms with van der Waals surface area (Å²) in [6.07, 6.45) is 4.42. The number of carbonyl (C=O) groups is 1. The molecule has 0 aromatic rings. The Bertz CT molecular complexity index is 144. The fourth-order valence-electron chi connectivity index (χ4n) is 0.351. The first-order valence-electron chi connectivity index (χ1n) is 3.48. The SMILES string of the molecule is CCCC=CC(=O)O.O=PCO. The van der Waals surface area contributed by atoms with Gasteiger partial charge in [0.2, 0.25) is 0 Å². The number of carboxylic acid groups (broad SMARTS) is 1. The highest BCUT2D eigenvalue weighted by molar-refractivity contribution is 7.23. The van der Waals surface area contributed by atoms with Crippen LogP contribution in [0.4, 0.5) is 0 Å². The van der Waals surface area contributed by atoms with Crippen molar-refractivity contribution in [3.8, 4) is 0 Å². The fourth-order valence-corrected chi connectivity index (χ4v) is 0.351. The molecule has 2 N–H and O–H groups in total. The second-order valence-electron chi connectivity index (χ2n) is 1.80. The van der Waals surface area contributed by atoms with Crippen molar-refractivity contribution in [3.63, 3.8) is 0 Å². The van der Waals surface area contributed by atoms with E-state index in [0.717, 1.165) is 12.8 Å². The molecular formula is C7H13O4P. The van der Waals surface area contributed by atoms with Gasteiger partial charge in [-0.05, 0) is 6.42 Å². The lowest BCUT2D eigenvalue weighted by atomic mass is 10.3. The van der Waals surface area contributed by atoms with Crippen LogP contribution >= 0.6 is 8.46 Å². The zero-order chi connectivity index (χ0) is 9.82. The van der Waals surface area contributed by atoms with Gasteiger partial charge in [0, 0.05) is 6.08 Å². The maximum Gasteiger partial charge on any atom is 0.327 e. The summed E-state index contributed by atoms with van der Waals surface area (Å²) in [7, 11) is -0.196. The Morgan fingerprint density at radius 3 is 2.33 bits per heavy atom. The van der Waals surface area contributed by atoms with Gasteiger partial charge < -0.3 is 10.2 Å². The Labute approximate surface area is 73.1 Å². The molecule has 0 radical (unpaired) electrons. The van der Waals surface area contributed by atoms with Crippen LogP contribution in [-0.4, -0.2) is 22.5 Å². The zero-order valence-electron chi connectivity index (χ0n) is 6.93. The smallest absolute Gasteiger partial charge is 0.327 e. The number of aliphatic hydroxyl groups excluding tert-OH is 1. The molecule has 0 unspecified atom stereocenters. The van der Waals surface area contributed by atoms with Crippen LogP contribution < -0.4 is 0 Å². The number of aliphatic hydroxyl groups is 1. The monoisotopic (exact) mass is 192 g/mol. The number of rotatable bonds is 4. The van der Waals surface area contributed by atoms with E-state index in [4.69, 9.17) is 14.8 Å². The zero-order valence-corrected chi connectivity index (χ0v) is 7.83. The van der Waals surface area contributed by atoms with Crippen LogP contribution in [0.1, 0.15) is 19.8 Å². The summed E-state index contributed by atoms with van der Waals surface area (Å²) in [5.74, 6) is -0.863. The first-order valence-corrected chi connectivity index (χ1v) is 4.48. The molecule has 4 nitrogen and oxygen atoms in total. The third-order valence-electron chi connectivity index (χ3n) is 0.774. The third kappa shape index (κ3) is 22.8. The first kappa shape index (κ1) is 13.8. The molecule has 0 aliphatic carbocycles. The molecule has 12 heavy (non-hydrogen) atoms. The summed E-state index contributed by atoms with van der Waals surface area (Å²) in [6.45, 7) is 2.01. The average molecular weight is 192 g/mol. The molecule has 0 aliphatic heterocycles. The predicted octanol–water partition coefficient (Wildman–Crippen LogP) is 1.66. The summed E-state index contributed by atoms with van der Waals surface area (Å²) < 4.78 is 9.02. The van der Waals surface area contributed by atoms with Crippen LogP contribution in [0.15, 0.2) is 12.2 Å². The van der Waals surface area contributed by atoms with Crippen LogP contribution in [0, 0.1) is 0 Å². The fraction of sp³-hybridized carbons (Fsp3) is 0.571. The van der Waals surface area contributed by atoms with Gasteiger partial charge in [0.25, 0.3) is 0 Å². The number of hydrogen-bond donors (Lipinski definition) is 2. The van der Waals surface area contributed by atoms with Gasteiger partial charge in [-0.25, -0.2) is 4.79 Å². The topological polar surface area (TPSA) is 74.6 Å². The normalized spacial score (nSPS) is 9.50. The van der Waals surface area contributed by atoms with Gasteiger partial charge in [-0.2, -0.15) is 0 Å². The summed E-state index contributed by atoms with van der Waals surface area (Å²) in [6, 6.07) is 0. The predicted molar refractivity (Wildman–Crippen MR) is 46.4 cm³/mol. The molecule has 0 saturated carbocycles. The van der Waals surface area contributed by atoms with Gasteiger partial charge in [-0.1, -0.05) is 19.4 Å². The molecule has 0 aromatic carbocycles. The van der Waals surface area contributed by atoms with Gasteiger partial charge in [-0.15, -0.1) is 0 Å². The van der Waals surface area contributed by atoms with Crippen molar-refractivity contribution in [3.05, 3.63) is 12.2 Å². The lowest BCUT2D eigenvalue weighted by molar-refractivity contribution is -0.131. The standard InChI is InChI=1S/C6H10O2.CH3O2P/c1-2-3-4-5-6(7)8;2-1-4-3/h4-5H,2-3H2,1H3,(H,7,8);2H,1H2. The minimum atomic E-state index is -0.863. The Kier molecular flexibility index (Phi) is 14.9. The number of aliphatic carboxylic acids is 1. The third-order valence-corrected chi connectivity index (χ3v) is 0.889. The van der Waals surface area contributed by atoms with Gasteiger partial charge in [-0.3, -0.25) is 4.57 Å². The summed E-state index contributed by atoms with van der Waals surface area (Å²) >= 11 is 0. The van der Waals surface area contributed by atoms with E-state index >= 15 is 0 Å². The van der Waals surface area contributed by atoms with Gasteiger partial charge >= 0.3 is 5.97 Å². The molecular weight excluding hydrogens is 179 g/mol. The van der Waals surface area contributed by atoms with Crippen molar-refractivity contribution < 1.29 is 19.6 Å². The second-order valence-corrected chi connectivity index (χ2v) is 2.34. The van der Waals surface area contributed by atoms with Crippen molar-refractivity contribution in [2.45, 2.75) is 19.8 Å². The lowest BCUT2D eigenvalue weighted by Gasteiger charge is -1.79. The molecule has 0 atom stereocenters. The van der Waals surface area contributed by atoms with Crippen molar-refractivity contribution in [2.24, 2.45) is 0 Å². The second kappa shape index (κ2) is 12.9. The molecule has 0 aromatic heterocycles. The van der Waals surface area contributed by atoms with E-state index in [1.165, 1.54) is 6.08 Å². The molecule has 5 heteroatoms. The Morgan fingerprint density at radius 1 is 1.58 bits per heavy atom.